The maximum absolute atomic E-state index is 11.0. The number of aliphatic carboxylic acids is 1. The van der Waals surface area contributed by atoms with Crippen molar-refractivity contribution in [3.05, 3.63) is 0 Å². The number of likely N-dealkylation sites (tertiary alicyclic amines) is 1. The van der Waals surface area contributed by atoms with Gasteiger partial charge in [-0.2, -0.15) is 0 Å². The Morgan fingerprint density at radius 3 is 2.44 bits per heavy atom. The zero-order valence-corrected chi connectivity index (χ0v) is 9.87. The smallest absolute Gasteiger partial charge is 0.408 e. The Hall–Kier alpha value is -1.83. The average molecular weight is 261 g/mol. The molecule has 2 unspecified atom stereocenters. The summed E-state index contributed by atoms with van der Waals surface area (Å²) in [6.07, 6.45) is -1.89. The first-order chi connectivity index (χ1) is 8.45. The molecule has 0 radical (unpaired) electrons. The van der Waals surface area contributed by atoms with E-state index in [0.29, 0.717) is 0 Å². The first-order valence-electron chi connectivity index (χ1n) is 5.45. The number of hydrogen-bond donors (Lipinski definition) is 2. The molecule has 1 saturated heterocycles. The quantitative estimate of drug-likeness (QED) is 0.657. The van der Waals surface area contributed by atoms with E-state index in [4.69, 9.17) is 14.9 Å². The standard InChI is InChI=1S/C10H15NO7/c1-2-17-8(12)5-18-6-3-7(9(13)14)11(4-6)10(15)16/h6-7H,2-5H2,1H3,(H,13,14)(H,15,16). The number of carbonyl (C=O) groups is 3. The van der Waals surface area contributed by atoms with E-state index < -0.39 is 30.2 Å². The van der Waals surface area contributed by atoms with Gasteiger partial charge in [-0.15, -0.1) is 0 Å². The Morgan fingerprint density at radius 2 is 2.00 bits per heavy atom. The zero-order chi connectivity index (χ0) is 13.7. The van der Waals surface area contributed by atoms with E-state index in [0.717, 1.165) is 4.90 Å². The number of rotatable bonds is 5. The van der Waals surface area contributed by atoms with Crippen molar-refractivity contribution < 1.29 is 34.1 Å². The third-order valence-corrected chi connectivity index (χ3v) is 2.54. The number of carboxylic acid groups (broad SMARTS) is 2. The highest BCUT2D eigenvalue weighted by molar-refractivity contribution is 5.80. The van der Waals surface area contributed by atoms with Gasteiger partial charge >= 0.3 is 18.0 Å². The Labute approximate surface area is 103 Å². The minimum atomic E-state index is -1.32. The summed E-state index contributed by atoms with van der Waals surface area (Å²) in [4.78, 5) is 33.5. The van der Waals surface area contributed by atoms with E-state index in [1.54, 1.807) is 6.92 Å². The second kappa shape index (κ2) is 6.20. The second-order valence-corrected chi connectivity index (χ2v) is 3.76. The van der Waals surface area contributed by atoms with Crippen LogP contribution < -0.4 is 0 Å². The molecular weight excluding hydrogens is 246 g/mol. The molecule has 1 amide bonds. The molecule has 1 heterocycles. The zero-order valence-electron chi connectivity index (χ0n) is 9.87. The van der Waals surface area contributed by atoms with Crippen molar-refractivity contribution in [3.8, 4) is 0 Å². The number of amides is 1. The predicted octanol–water partition coefficient (Wildman–Crippen LogP) is -0.228. The van der Waals surface area contributed by atoms with E-state index in [9.17, 15) is 14.4 Å². The van der Waals surface area contributed by atoms with Crippen LogP contribution in [0, 0.1) is 0 Å². The topological polar surface area (TPSA) is 113 Å². The van der Waals surface area contributed by atoms with Gasteiger partial charge in [0, 0.05) is 6.42 Å². The van der Waals surface area contributed by atoms with Gasteiger partial charge in [-0.25, -0.2) is 14.4 Å². The van der Waals surface area contributed by atoms with E-state index in [1.165, 1.54) is 0 Å². The predicted molar refractivity (Wildman–Crippen MR) is 57.1 cm³/mol. The van der Waals surface area contributed by atoms with Crippen molar-refractivity contribution in [2.45, 2.75) is 25.5 Å². The monoisotopic (exact) mass is 261 g/mol. The van der Waals surface area contributed by atoms with E-state index >= 15 is 0 Å². The molecule has 1 aliphatic heterocycles. The van der Waals surface area contributed by atoms with Gasteiger partial charge in [-0.1, -0.05) is 0 Å². The summed E-state index contributed by atoms with van der Waals surface area (Å²) in [6.45, 7) is 1.51. The van der Waals surface area contributed by atoms with Crippen LogP contribution in [-0.4, -0.2) is 65.0 Å². The Morgan fingerprint density at radius 1 is 1.33 bits per heavy atom. The van der Waals surface area contributed by atoms with Crippen LogP contribution >= 0.6 is 0 Å². The molecule has 1 rings (SSSR count). The van der Waals surface area contributed by atoms with Crippen LogP contribution in [0.5, 0.6) is 0 Å². The van der Waals surface area contributed by atoms with Gasteiger partial charge in [0.2, 0.25) is 0 Å². The number of ether oxygens (including phenoxy) is 2. The summed E-state index contributed by atoms with van der Waals surface area (Å²) >= 11 is 0. The fourth-order valence-corrected chi connectivity index (χ4v) is 1.75. The lowest BCUT2D eigenvalue weighted by atomic mass is 10.2. The van der Waals surface area contributed by atoms with Crippen LogP contribution in [0.4, 0.5) is 4.79 Å². The van der Waals surface area contributed by atoms with E-state index in [2.05, 4.69) is 4.74 Å². The lowest BCUT2D eigenvalue weighted by molar-refractivity contribution is -0.150. The van der Waals surface area contributed by atoms with Gasteiger partial charge in [-0.3, -0.25) is 4.90 Å². The molecule has 2 atom stereocenters. The molecule has 8 heteroatoms. The molecule has 18 heavy (non-hydrogen) atoms. The lowest BCUT2D eigenvalue weighted by Crippen LogP contribution is -2.39. The SMILES string of the molecule is CCOC(=O)COC1CC(C(=O)O)N(C(=O)O)C1. The number of hydrogen-bond acceptors (Lipinski definition) is 5. The summed E-state index contributed by atoms with van der Waals surface area (Å²) in [5.41, 5.74) is 0. The van der Waals surface area contributed by atoms with Crippen molar-refractivity contribution in [1.29, 1.82) is 0 Å². The van der Waals surface area contributed by atoms with Gasteiger partial charge in [-0.05, 0) is 6.92 Å². The van der Waals surface area contributed by atoms with Crippen molar-refractivity contribution >= 4 is 18.0 Å². The van der Waals surface area contributed by atoms with Gasteiger partial charge < -0.3 is 19.7 Å². The second-order valence-electron chi connectivity index (χ2n) is 3.76. The summed E-state index contributed by atoms with van der Waals surface area (Å²) in [6, 6.07) is -1.13. The van der Waals surface area contributed by atoms with Crippen molar-refractivity contribution in [2.24, 2.45) is 0 Å². The molecule has 1 fully saturated rings. The van der Waals surface area contributed by atoms with Crippen LogP contribution in [0.2, 0.25) is 0 Å². The molecule has 8 nitrogen and oxygen atoms in total. The Kier molecular flexibility index (Phi) is 4.90. The molecule has 0 aromatic heterocycles. The summed E-state index contributed by atoms with van der Waals surface area (Å²) < 4.78 is 9.78. The summed E-state index contributed by atoms with van der Waals surface area (Å²) in [5.74, 6) is -1.78. The molecule has 0 aliphatic carbocycles. The number of carbonyl (C=O) groups excluding carboxylic acids is 1. The Balaban J connectivity index is 2.48. The van der Waals surface area contributed by atoms with Crippen LogP contribution in [-0.2, 0) is 19.1 Å². The first kappa shape index (κ1) is 14.2. The fourth-order valence-electron chi connectivity index (χ4n) is 1.75. The van der Waals surface area contributed by atoms with Crippen LogP contribution in [0.3, 0.4) is 0 Å². The summed E-state index contributed by atoms with van der Waals surface area (Å²) in [5, 5.41) is 17.7. The lowest BCUT2D eigenvalue weighted by Gasteiger charge is -2.16. The number of carboxylic acids is 1. The van der Waals surface area contributed by atoms with Crippen molar-refractivity contribution in [1.82, 2.24) is 4.90 Å². The molecule has 1 aliphatic rings. The minimum Gasteiger partial charge on any atom is -0.480 e. The van der Waals surface area contributed by atoms with Gasteiger partial charge in [0.15, 0.2) is 0 Å². The molecule has 0 bridgehead atoms. The molecule has 102 valence electrons. The molecule has 2 N–H and O–H groups in total. The highest BCUT2D eigenvalue weighted by Gasteiger charge is 2.40. The van der Waals surface area contributed by atoms with Gasteiger partial charge in [0.05, 0.1) is 19.3 Å². The maximum atomic E-state index is 11.0. The summed E-state index contributed by atoms with van der Waals surface area (Å²) in [7, 11) is 0. The van der Waals surface area contributed by atoms with Crippen LogP contribution in [0.15, 0.2) is 0 Å². The highest BCUT2D eigenvalue weighted by atomic mass is 16.6. The van der Waals surface area contributed by atoms with Gasteiger partial charge in [0.25, 0.3) is 0 Å². The fraction of sp³-hybridized carbons (Fsp3) is 0.700. The minimum absolute atomic E-state index is 0.0288. The molecular formula is C10H15NO7. The van der Waals surface area contributed by atoms with E-state index in [1.807, 2.05) is 0 Å². The van der Waals surface area contributed by atoms with Crippen molar-refractivity contribution in [3.63, 3.8) is 0 Å². The maximum Gasteiger partial charge on any atom is 0.408 e. The third kappa shape index (κ3) is 3.59. The number of esters is 1. The van der Waals surface area contributed by atoms with Crippen LogP contribution in [0.25, 0.3) is 0 Å². The normalized spacial score (nSPS) is 22.8. The average Bonchev–Trinajstić information content (AvgIpc) is 2.71. The third-order valence-electron chi connectivity index (χ3n) is 2.54. The first-order valence-corrected chi connectivity index (χ1v) is 5.45. The van der Waals surface area contributed by atoms with Crippen molar-refractivity contribution in [2.75, 3.05) is 19.8 Å². The number of nitrogens with zero attached hydrogens (tertiary/aromatic N) is 1. The Bertz CT molecular complexity index is 321. The van der Waals surface area contributed by atoms with Crippen LogP contribution in [0.1, 0.15) is 13.3 Å². The molecule has 0 aromatic rings. The largest absolute Gasteiger partial charge is 0.480 e. The molecule has 0 spiro atoms. The molecule has 0 aromatic carbocycles. The van der Waals surface area contributed by atoms with Gasteiger partial charge in [0.1, 0.15) is 12.6 Å². The molecule has 0 saturated carbocycles. The van der Waals surface area contributed by atoms with E-state index in [-0.39, 0.29) is 26.2 Å². The highest BCUT2D eigenvalue weighted by Crippen LogP contribution is 2.20.